The quantitative estimate of drug-likeness (QED) is 0.819. The fraction of sp³-hybridized carbons (Fsp3) is 0.357. The van der Waals surface area contributed by atoms with Crippen LogP contribution in [-0.2, 0) is 14.3 Å². The predicted molar refractivity (Wildman–Crippen MR) is 72.2 cm³/mol. The van der Waals surface area contributed by atoms with Gasteiger partial charge in [-0.3, -0.25) is 9.59 Å². The number of esters is 1. The van der Waals surface area contributed by atoms with E-state index in [0.717, 1.165) is 5.56 Å². The van der Waals surface area contributed by atoms with E-state index in [-0.39, 0.29) is 18.9 Å². The molecule has 2 rings (SSSR count). The minimum Gasteiger partial charge on any atom is -0.465 e. The number of aryl methyl sites for hydroxylation is 1. The molecule has 0 aromatic heterocycles. The van der Waals surface area contributed by atoms with Crippen LogP contribution in [0.4, 0.5) is 5.69 Å². The lowest BCUT2D eigenvalue weighted by Gasteiger charge is -2.17. The number of rotatable bonds is 3. The number of carbonyl (C=O) groups excluding carboxylic acids is 3. The van der Waals surface area contributed by atoms with Gasteiger partial charge in [-0.05, 0) is 24.6 Å². The van der Waals surface area contributed by atoms with E-state index in [4.69, 9.17) is 10.5 Å². The zero-order valence-electron chi connectivity index (χ0n) is 11.4. The van der Waals surface area contributed by atoms with Crippen molar-refractivity contribution in [2.75, 3.05) is 18.6 Å². The third kappa shape index (κ3) is 2.49. The molecule has 1 aliphatic heterocycles. The van der Waals surface area contributed by atoms with Crippen molar-refractivity contribution in [2.24, 2.45) is 11.7 Å². The van der Waals surface area contributed by atoms with Crippen LogP contribution < -0.4 is 10.6 Å². The lowest BCUT2D eigenvalue weighted by Crippen LogP contribution is -2.28. The van der Waals surface area contributed by atoms with Crippen LogP contribution in [0.3, 0.4) is 0 Å². The number of anilines is 1. The van der Waals surface area contributed by atoms with Gasteiger partial charge in [-0.2, -0.15) is 0 Å². The molecule has 6 heteroatoms. The van der Waals surface area contributed by atoms with Crippen LogP contribution in [-0.4, -0.2) is 31.4 Å². The first-order chi connectivity index (χ1) is 9.43. The molecule has 2 amide bonds. The molecule has 0 bridgehead atoms. The summed E-state index contributed by atoms with van der Waals surface area (Å²) < 4.78 is 4.70. The standard InChI is InChI=1S/C14H16N2O4/c1-8-3-4-10(6-11(8)14(19)20-2)16-7-9(13(15)18)5-12(16)17/h3-4,6,9H,5,7H2,1-2H3,(H2,15,18). The van der Waals surface area contributed by atoms with Gasteiger partial charge < -0.3 is 15.4 Å². The number of hydrogen-bond donors (Lipinski definition) is 1. The van der Waals surface area contributed by atoms with E-state index in [1.54, 1.807) is 25.1 Å². The molecule has 0 saturated carbocycles. The van der Waals surface area contributed by atoms with Gasteiger partial charge in [0.25, 0.3) is 0 Å². The highest BCUT2D eigenvalue weighted by Crippen LogP contribution is 2.27. The maximum atomic E-state index is 11.9. The van der Waals surface area contributed by atoms with Crippen LogP contribution in [0, 0.1) is 12.8 Å². The van der Waals surface area contributed by atoms with Gasteiger partial charge in [0.1, 0.15) is 0 Å². The van der Waals surface area contributed by atoms with Gasteiger partial charge in [-0.1, -0.05) is 6.07 Å². The summed E-state index contributed by atoms with van der Waals surface area (Å²) in [6.07, 6.45) is 0.108. The number of carbonyl (C=O) groups is 3. The van der Waals surface area contributed by atoms with Crippen molar-refractivity contribution >= 4 is 23.5 Å². The van der Waals surface area contributed by atoms with Crippen molar-refractivity contribution in [3.63, 3.8) is 0 Å². The number of ether oxygens (including phenoxy) is 1. The maximum Gasteiger partial charge on any atom is 0.338 e. The van der Waals surface area contributed by atoms with E-state index >= 15 is 0 Å². The fourth-order valence-electron chi connectivity index (χ4n) is 2.26. The Labute approximate surface area is 116 Å². The zero-order chi connectivity index (χ0) is 14.9. The lowest BCUT2D eigenvalue weighted by molar-refractivity contribution is -0.123. The number of hydrogen-bond acceptors (Lipinski definition) is 4. The van der Waals surface area contributed by atoms with Gasteiger partial charge >= 0.3 is 5.97 Å². The summed E-state index contributed by atoms with van der Waals surface area (Å²) in [5, 5.41) is 0. The molecule has 6 nitrogen and oxygen atoms in total. The van der Waals surface area contributed by atoms with Crippen molar-refractivity contribution in [3.8, 4) is 0 Å². The van der Waals surface area contributed by atoms with Crippen molar-refractivity contribution in [1.29, 1.82) is 0 Å². The van der Waals surface area contributed by atoms with Gasteiger partial charge in [-0.15, -0.1) is 0 Å². The lowest BCUT2D eigenvalue weighted by atomic mass is 10.1. The number of nitrogens with two attached hydrogens (primary N) is 1. The molecule has 1 saturated heterocycles. The molecule has 106 valence electrons. The molecular weight excluding hydrogens is 260 g/mol. The molecule has 1 aromatic carbocycles. The Morgan fingerprint density at radius 1 is 1.40 bits per heavy atom. The van der Waals surface area contributed by atoms with Crippen LogP contribution >= 0.6 is 0 Å². The molecule has 1 unspecified atom stereocenters. The smallest absolute Gasteiger partial charge is 0.338 e. The minimum absolute atomic E-state index is 0.108. The number of amides is 2. The predicted octanol–water partition coefficient (Wildman–Crippen LogP) is 0.620. The molecular formula is C14H16N2O4. The van der Waals surface area contributed by atoms with Crippen molar-refractivity contribution in [1.82, 2.24) is 0 Å². The van der Waals surface area contributed by atoms with Gasteiger partial charge in [0.15, 0.2) is 0 Å². The van der Waals surface area contributed by atoms with E-state index in [1.165, 1.54) is 12.0 Å². The average molecular weight is 276 g/mol. The molecule has 0 radical (unpaired) electrons. The summed E-state index contributed by atoms with van der Waals surface area (Å²) in [4.78, 5) is 36.2. The highest BCUT2D eigenvalue weighted by molar-refractivity contribution is 6.01. The zero-order valence-corrected chi connectivity index (χ0v) is 11.4. The normalized spacial score (nSPS) is 18.2. The summed E-state index contributed by atoms with van der Waals surface area (Å²) in [6.45, 7) is 2.03. The average Bonchev–Trinajstić information content (AvgIpc) is 2.81. The number of benzene rings is 1. The van der Waals surface area contributed by atoms with Crippen molar-refractivity contribution in [2.45, 2.75) is 13.3 Å². The molecule has 0 spiro atoms. The monoisotopic (exact) mass is 276 g/mol. The highest BCUT2D eigenvalue weighted by Gasteiger charge is 2.34. The van der Waals surface area contributed by atoms with Gasteiger partial charge in [0.2, 0.25) is 11.8 Å². The first-order valence-electron chi connectivity index (χ1n) is 6.22. The number of primary amides is 1. The van der Waals surface area contributed by atoms with E-state index < -0.39 is 17.8 Å². The van der Waals surface area contributed by atoms with Gasteiger partial charge in [0, 0.05) is 18.7 Å². The summed E-state index contributed by atoms with van der Waals surface area (Å²) in [5.41, 5.74) is 6.97. The van der Waals surface area contributed by atoms with Crippen LogP contribution in [0.15, 0.2) is 18.2 Å². The molecule has 20 heavy (non-hydrogen) atoms. The van der Waals surface area contributed by atoms with Gasteiger partial charge in [0.05, 0.1) is 18.6 Å². The molecule has 1 atom stereocenters. The molecule has 0 aliphatic carbocycles. The van der Waals surface area contributed by atoms with Crippen LogP contribution in [0.25, 0.3) is 0 Å². The summed E-state index contributed by atoms with van der Waals surface area (Å²) in [5.74, 6) is -1.59. The highest BCUT2D eigenvalue weighted by atomic mass is 16.5. The van der Waals surface area contributed by atoms with E-state index in [1.807, 2.05) is 0 Å². The Kier molecular flexibility index (Phi) is 3.74. The summed E-state index contributed by atoms with van der Waals surface area (Å²) >= 11 is 0. The van der Waals surface area contributed by atoms with Crippen LogP contribution in [0.5, 0.6) is 0 Å². The van der Waals surface area contributed by atoms with Crippen LogP contribution in [0.1, 0.15) is 22.3 Å². The Morgan fingerprint density at radius 2 is 2.10 bits per heavy atom. The summed E-state index contributed by atoms with van der Waals surface area (Å²) in [7, 11) is 1.30. The first-order valence-corrected chi connectivity index (χ1v) is 6.22. The fourth-order valence-corrected chi connectivity index (χ4v) is 2.26. The second kappa shape index (κ2) is 5.32. The molecule has 2 N–H and O–H groups in total. The van der Waals surface area contributed by atoms with Crippen molar-refractivity contribution in [3.05, 3.63) is 29.3 Å². The SMILES string of the molecule is COC(=O)c1cc(N2CC(C(N)=O)CC2=O)ccc1C. The Morgan fingerprint density at radius 3 is 2.65 bits per heavy atom. The number of methoxy groups -OCH3 is 1. The molecule has 1 aliphatic rings. The largest absolute Gasteiger partial charge is 0.465 e. The third-order valence-corrected chi connectivity index (χ3v) is 3.47. The minimum atomic E-state index is -0.485. The number of nitrogens with zero attached hydrogens (tertiary/aromatic N) is 1. The van der Waals surface area contributed by atoms with Crippen molar-refractivity contribution < 1.29 is 19.1 Å². The Bertz CT molecular complexity index is 583. The topological polar surface area (TPSA) is 89.7 Å². The van der Waals surface area contributed by atoms with E-state index in [2.05, 4.69) is 0 Å². The van der Waals surface area contributed by atoms with E-state index in [0.29, 0.717) is 11.3 Å². The summed E-state index contributed by atoms with van der Waals surface area (Å²) in [6, 6.07) is 5.08. The first kappa shape index (κ1) is 14.0. The maximum absolute atomic E-state index is 11.9. The molecule has 1 fully saturated rings. The molecule has 1 heterocycles. The molecule has 1 aromatic rings. The Hall–Kier alpha value is -2.37. The second-order valence-electron chi connectivity index (χ2n) is 4.80. The van der Waals surface area contributed by atoms with Crippen LogP contribution in [0.2, 0.25) is 0 Å². The third-order valence-electron chi connectivity index (χ3n) is 3.47. The van der Waals surface area contributed by atoms with E-state index in [9.17, 15) is 14.4 Å². The Balaban J connectivity index is 2.32. The second-order valence-corrected chi connectivity index (χ2v) is 4.80. The van der Waals surface area contributed by atoms with Gasteiger partial charge in [-0.25, -0.2) is 4.79 Å².